The monoisotopic (exact) mass is 234 g/mol. The Labute approximate surface area is 99.0 Å². The number of nitrogens with zero attached hydrogens (tertiary/aromatic N) is 3. The Morgan fingerprint density at radius 2 is 2.24 bits per heavy atom. The molecule has 0 saturated heterocycles. The number of methoxy groups -OCH3 is 1. The molecule has 2 heterocycles. The Morgan fingerprint density at radius 1 is 1.35 bits per heavy atom. The van der Waals surface area contributed by atoms with Crippen LogP contribution in [-0.4, -0.2) is 28.8 Å². The lowest BCUT2D eigenvalue weighted by atomic mass is 10.4. The highest BCUT2D eigenvalue weighted by Crippen LogP contribution is 2.10. The van der Waals surface area contributed by atoms with Crippen LogP contribution in [0.2, 0.25) is 0 Å². The first kappa shape index (κ1) is 11.4. The predicted molar refractivity (Wildman–Crippen MR) is 62.0 cm³/mol. The summed E-state index contributed by atoms with van der Waals surface area (Å²) in [6, 6.07) is 5.56. The molecule has 6 heteroatoms. The van der Waals surface area contributed by atoms with Gasteiger partial charge in [-0.05, 0) is 6.07 Å². The molecule has 0 aliphatic rings. The molecule has 0 spiro atoms. The van der Waals surface area contributed by atoms with Crippen molar-refractivity contribution in [3.63, 3.8) is 0 Å². The zero-order valence-electron chi connectivity index (χ0n) is 9.80. The Bertz CT molecular complexity index is 484. The van der Waals surface area contributed by atoms with Gasteiger partial charge in [-0.1, -0.05) is 11.2 Å². The normalized spacial score (nSPS) is 10.2. The van der Waals surface area contributed by atoms with E-state index in [0.29, 0.717) is 30.6 Å². The lowest BCUT2D eigenvalue weighted by molar-refractivity contribution is 0.387. The van der Waals surface area contributed by atoms with Crippen molar-refractivity contribution in [2.24, 2.45) is 0 Å². The minimum Gasteiger partial charge on any atom is -0.481 e. The lowest BCUT2D eigenvalue weighted by Crippen LogP contribution is -2.07. The van der Waals surface area contributed by atoms with Crippen molar-refractivity contribution in [2.75, 3.05) is 19.0 Å². The molecule has 1 N–H and O–H groups in total. The van der Waals surface area contributed by atoms with Crippen LogP contribution in [0.5, 0.6) is 5.88 Å². The van der Waals surface area contributed by atoms with Gasteiger partial charge in [-0.2, -0.15) is 9.97 Å². The molecule has 17 heavy (non-hydrogen) atoms. The average molecular weight is 234 g/mol. The van der Waals surface area contributed by atoms with Gasteiger partial charge in [-0.3, -0.25) is 0 Å². The molecule has 0 unspecified atom stereocenters. The zero-order valence-corrected chi connectivity index (χ0v) is 9.80. The number of aryl methyl sites for hydroxylation is 1. The third-order valence-corrected chi connectivity index (χ3v) is 2.16. The van der Waals surface area contributed by atoms with E-state index in [1.807, 2.05) is 12.1 Å². The lowest BCUT2D eigenvalue weighted by Gasteiger charge is -2.05. The molecule has 0 atom stereocenters. The van der Waals surface area contributed by atoms with Gasteiger partial charge in [-0.25, -0.2) is 0 Å². The van der Waals surface area contributed by atoms with Crippen molar-refractivity contribution in [1.29, 1.82) is 0 Å². The Kier molecular flexibility index (Phi) is 3.54. The molecule has 0 saturated carbocycles. The summed E-state index contributed by atoms with van der Waals surface area (Å²) in [5.41, 5.74) is 0. The van der Waals surface area contributed by atoms with Crippen LogP contribution in [0, 0.1) is 6.92 Å². The molecule has 0 aromatic carbocycles. The number of hydrogen-bond donors (Lipinski definition) is 1. The summed E-state index contributed by atoms with van der Waals surface area (Å²) in [6.07, 6.45) is 0.691. The van der Waals surface area contributed by atoms with Crippen LogP contribution in [-0.2, 0) is 6.42 Å². The third-order valence-electron chi connectivity index (χ3n) is 2.16. The Balaban J connectivity index is 1.85. The Hall–Kier alpha value is -2.11. The van der Waals surface area contributed by atoms with Crippen molar-refractivity contribution in [2.45, 2.75) is 13.3 Å². The standard InChI is InChI=1S/C11H14N4O2/c1-8-13-10(15-17-8)6-7-12-9-4-3-5-11(14-9)16-2/h3-5H,6-7H2,1-2H3,(H,12,14). The van der Waals surface area contributed by atoms with E-state index in [-0.39, 0.29) is 0 Å². The molecule has 0 amide bonds. The quantitative estimate of drug-likeness (QED) is 0.843. The molecule has 2 aromatic rings. The predicted octanol–water partition coefficient (Wildman–Crippen LogP) is 1.44. The van der Waals surface area contributed by atoms with E-state index < -0.39 is 0 Å². The van der Waals surface area contributed by atoms with Crippen LogP contribution >= 0.6 is 0 Å². The van der Waals surface area contributed by atoms with Gasteiger partial charge in [0.15, 0.2) is 5.82 Å². The molecule has 0 fully saturated rings. The number of aromatic nitrogens is 3. The summed E-state index contributed by atoms with van der Waals surface area (Å²) in [5, 5.41) is 6.97. The maximum Gasteiger partial charge on any atom is 0.223 e. The van der Waals surface area contributed by atoms with Gasteiger partial charge >= 0.3 is 0 Å². The first-order valence-corrected chi connectivity index (χ1v) is 5.32. The number of pyridine rings is 1. The molecule has 90 valence electrons. The summed E-state index contributed by atoms with van der Waals surface area (Å²) >= 11 is 0. The molecule has 0 bridgehead atoms. The number of anilines is 1. The molecular formula is C11H14N4O2. The van der Waals surface area contributed by atoms with Crippen molar-refractivity contribution in [3.05, 3.63) is 29.9 Å². The van der Waals surface area contributed by atoms with Gasteiger partial charge in [0.05, 0.1) is 7.11 Å². The number of nitrogens with one attached hydrogen (secondary N) is 1. The van der Waals surface area contributed by atoms with Crippen molar-refractivity contribution < 1.29 is 9.26 Å². The molecular weight excluding hydrogens is 220 g/mol. The average Bonchev–Trinajstić information content (AvgIpc) is 2.75. The molecule has 2 rings (SSSR count). The van der Waals surface area contributed by atoms with Crippen molar-refractivity contribution in [1.82, 2.24) is 15.1 Å². The van der Waals surface area contributed by atoms with E-state index >= 15 is 0 Å². The van der Waals surface area contributed by atoms with Gasteiger partial charge in [0, 0.05) is 26.0 Å². The summed E-state index contributed by atoms with van der Waals surface area (Å²) in [4.78, 5) is 8.34. The summed E-state index contributed by atoms with van der Waals surface area (Å²) in [5.74, 6) is 2.63. The minimum atomic E-state index is 0.583. The van der Waals surface area contributed by atoms with Gasteiger partial charge in [0.2, 0.25) is 11.8 Å². The highest BCUT2D eigenvalue weighted by atomic mass is 16.5. The fourth-order valence-electron chi connectivity index (χ4n) is 1.37. The topological polar surface area (TPSA) is 73.1 Å². The maximum absolute atomic E-state index is 5.03. The van der Waals surface area contributed by atoms with Crippen LogP contribution in [0.15, 0.2) is 22.7 Å². The second-order valence-corrected chi connectivity index (χ2v) is 3.47. The van der Waals surface area contributed by atoms with Gasteiger partial charge < -0.3 is 14.6 Å². The summed E-state index contributed by atoms with van der Waals surface area (Å²) < 4.78 is 9.91. The summed E-state index contributed by atoms with van der Waals surface area (Å²) in [6.45, 7) is 2.46. The highest BCUT2D eigenvalue weighted by Gasteiger charge is 2.02. The second-order valence-electron chi connectivity index (χ2n) is 3.47. The molecule has 6 nitrogen and oxygen atoms in total. The van der Waals surface area contributed by atoms with E-state index in [4.69, 9.17) is 9.26 Å². The molecule has 0 radical (unpaired) electrons. The van der Waals surface area contributed by atoms with Gasteiger partial charge in [-0.15, -0.1) is 0 Å². The molecule has 2 aromatic heterocycles. The van der Waals surface area contributed by atoms with E-state index in [9.17, 15) is 0 Å². The van der Waals surface area contributed by atoms with Crippen LogP contribution in [0.25, 0.3) is 0 Å². The number of hydrogen-bond acceptors (Lipinski definition) is 6. The second kappa shape index (κ2) is 5.29. The van der Waals surface area contributed by atoms with Gasteiger partial charge in [0.1, 0.15) is 5.82 Å². The summed E-state index contributed by atoms with van der Waals surface area (Å²) in [7, 11) is 1.59. The fraction of sp³-hybridized carbons (Fsp3) is 0.364. The van der Waals surface area contributed by atoms with Crippen LogP contribution < -0.4 is 10.1 Å². The fourth-order valence-corrected chi connectivity index (χ4v) is 1.37. The molecule has 0 aliphatic carbocycles. The third kappa shape index (κ3) is 3.17. The number of rotatable bonds is 5. The van der Waals surface area contributed by atoms with Crippen molar-refractivity contribution >= 4 is 5.82 Å². The van der Waals surface area contributed by atoms with Crippen LogP contribution in [0.3, 0.4) is 0 Å². The van der Waals surface area contributed by atoms with E-state index in [1.54, 1.807) is 20.1 Å². The largest absolute Gasteiger partial charge is 0.481 e. The Morgan fingerprint density at radius 3 is 2.94 bits per heavy atom. The molecule has 0 aliphatic heterocycles. The van der Waals surface area contributed by atoms with E-state index in [1.165, 1.54) is 0 Å². The van der Waals surface area contributed by atoms with E-state index in [0.717, 1.165) is 5.82 Å². The first-order chi connectivity index (χ1) is 8.28. The maximum atomic E-state index is 5.03. The first-order valence-electron chi connectivity index (χ1n) is 5.32. The highest BCUT2D eigenvalue weighted by molar-refractivity contribution is 5.36. The minimum absolute atomic E-state index is 0.583. The smallest absolute Gasteiger partial charge is 0.223 e. The number of ether oxygens (including phenoxy) is 1. The zero-order chi connectivity index (χ0) is 12.1. The van der Waals surface area contributed by atoms with E-state index in [2.05, 4.69) is 20.4 Å². The SMILES string of the molecule is COc1cccc(NCCc2noc(C)n2)n1. The van der Waals surface area contributed by atoms with Gasteiger partial charge in [0.25, 0.3) is 0 Å². The van der Waals surface area contributed by atoms with Crippen LogP contribution in [0.1, 0.15) is 11.7 Å². The van der Waals surface area contributed by atoms with Crippen molar-refractivity contribution in [3.8, 4) is 5.88 Å². The van der Waals surface area contributed by atoms with Crippen LogP contribution in [0.4, 0.5) is 5.82 Å².